The SMILES string of the molecule is CC[C@H](C)[C@H](NC(=O)[C@H]1CCCCN1C)C(=O)N(C)[C@H](COc1cccc(C(=O)N[C@@H](Cc2ccccc2)C[C@H](C)C(=O)O)c1)C(C)C. The van der Waals surface area contributed by atoms with Gasteiger partial charge in [0.05, 0.1) is 18.0 Å². The minimum Gasteiger partial charge on any atom is -0.491 e. The van der Waals surface area contributed by atoms with E-state index in [0.717, 1.165) is 37.8 Å². The fourth-order valence-corrected chi connectivity index (χ4v) is 6.27. The van der Waals surface area contributed by atoms with Crippen LogP contribution in [-0.4, -0.2) is 90.0 Å². The Labute approximate surface area is 286 Å². The van der Waals surface area contributed by atoms with Crippen LogP contribution in [0.3, 0.4) is 0 Å². The van der Waals surface area contributed by atoms with Crippen molar-refractivity contribution >= 4 is 23.7 Å². The molecule has 1 fully saturated rings. The second-order valence-corrected chi connectivity index (χ2v) is 13.8. The van der Waals surface area contributed by atoms with E-state index in [9.17, 15) is 24.3 Å². The van der Waals surface area contributed by atoms with Crippen molar-refractivity contribution in [3.05, 3.63) is 65.7 Å². The largest absolute Gasteiger partial charge is 0.491 e. The van der Waals surface area contributed by atoms with Gasteiger partial charge in [0.2, 0.25) is 11.8 Å². The molecule has 0 aliphatic carbocycles. The summed E-state index contributed by atoms with van der Waals surface area (Å²) in [6.07, 6.45) is 4.39. The molecule has 1 aliphatic heterocycles. The lowest BCUT2D eigenvalue weighted by molar-refractivity contribution is -0.141. The van der Waals surface area contributed by atoms with Gasteiger partial charge in [0, 0.05) is 18.7 Å². The molecule has 1 saturated heterocycles. The second kappa shape index (κ2) is 18.6. The maximum atomic E-state index is 13.9. The molecule has 2 aromatic rings. The Morgan fingerprint density at radius 2 is 1.71 bits per heavy atom. The van der Waals surface area contributed by atoms with Gasteiger partial charge in [-0.25, -0.2) is 0 Å². The number of carboxylic acid groups (broad SMARTS) is 1. The van der Waals surface area contributed by atoms with Gasteiger partial charge in [-0.2, -0.15) is 0 Å². The van der Waals surface area contributed by atoms with E-state index >= 15 is 0 Å². The van der Waals surface area contributed by atoms with Gasteiger partial charge in [-0.05, 0) is 74.9 Å². The molecule has 2 aromatic carbocycles. The highest BCUT2D eigenvalue weighted by Gasteiger charge is 2.35. The van der Waals surface area contributed by atoms with Crippen LogP contribution in [0, 0.1) is 17.8 Å². The Morgan fingerprint density at radius 1 is 1.00 bits per heavy atom. The summed E-state index contributed by atoms with van der Waals surface area (Å²) in [6, 6.07) is 15.0. The van der Waals surface area contributed by atoms with Crippen LogP contribution in [0.4, 0.5) is 0 Å². The Balaban J connectivity index is 1.70. The maximum Gasteiger partial charge on any atom is 0.306 e. The van der Waals surface area contributed by atoms with E-state index in [1.165, 1.54) is 0 Å². The number of ether oxygens (including phenoxy) is 1. The van der Waals surface area contributed by atoms with Crippen molar-refractivity contribution in [2.45, 2.75) is 97.3 Å². The van der Waals surface area contributed by atoms with Crippen molar-refractivity contribution in [3.63, 3.8) is 0 Å². The molecule has 10 nitrogen and oxygen atoms in total. The molecule has 0 spiro atoms. The number of aliphatic carboxylic acids is 1. The van der Waals surface area contributed by atoms with Crippen LogP contribution in [0.25, 0.3) is 0 Å². The third-order valence-electron chi connectivity index (χ3n) is 9.70. The van der Waals surface area contributed by atoms with Crippen LogP contribution >= 0.6 is 0 Å². The van der Waals surface area contributed by atoms with E-state index in [1.807, 2.05) is 65.1 Å². The molecular formula is C38H56N4O6. The quantitative estimate of drug-likeness (QED) is 0.217. The molecule has 1 aliphatic rings. The number of benzene rings is 2. The minimum absolute atomic E-state index is 0.0501. The van der Waals surface area contributed by atoms with Gasteiger partial charge in [-0.1, -0.05) is 83.9 Å². The average Bonchev–Trinajstić information content (AvgIpc) is 3.06. The van der Waals surface area contributed by atoms with Gasteiger partial charge in [0.1, 0.15) is 18.4 Å². The summed E-state index contributed by atoms with van der Waals surface area (Å²) >= 11 is 0. The molecule has 3 N–H and O–H groups in total. The lowest BCUT2D eigenvalue weighted by atomic mass is 9.94. The fourth-order valence-electron chi connectivity index (χ4n) is 6.27. The smallest absolute Gasteiger partial charge is 0.306 e. The second-order valence-electron chi connectivity index (χ2n) is 13.8. The lowest BCUT2D eigenvalue weighted by Gasteiger charge is -2.37. The first-order valence-corrected chi connectivity index (χ1v) is 17.4. The van der Waals surface area contributed by atoms with Crippen molar-refractivity contribution in [1.29, 1.82) is 0 Å². The van der Waals surface area contributed by atoms with Crippen molar-refractivity contribution in [1.82, 2.24) is 20.4 Å². The minimum atomic E-state index is -0.907. The van der Waals surface area contributed by atoms with E-state index in [1.54, 1.807) is 43.1 Å². The third kappa shape index (κ3) is 11.1. The zero-order valence-corrected chi connectivity index (χ0v) is 29.8. The topological polar surface area (TPSA) is 128 Å². The Hall–Kier alpha value is -3.92. The first-order chi connectivity index (χ1) is 22.8. The van der Waals surface area contributed by atoms with Crippen LogP contribution in [0.5, 0.6) is 5.75 Å². The van der Waals surface area contributed by atoms with Crippen molar-refractivity contribution in [3.8, 4) is 5.75 Å². The van der Waals surface area contributed by atoms with Gasteiger partial charge in [-0.15, -0.1) is 0 Å². The number of carbonyl (C=O) groups excluding carboxylic acids is 3. The van der Waals surface area contributed by atoms with Gasteiger partial charge in [0.25, 0.3) is 5.91 Å². The monoisotopic (exact) mass is 664 g/mol. The first kappa shape index (κ1) is 38.5. The van der Waals surface area contributed by atoms with E-state index in [4.69, 9.17) is 4.74 Å². The molecule has 0 radical (unpaired) electrons. The highest BCUT2D eigenvalue weighted by molar-refractivity contribution is 5.95. The average molecular weight is 665 g/mol. The third-order valence-corrected chi connectivity index (χ3v) is 9.70. The van der Waals surface area contributed by atoms with Crippen LogP contribution < -0.4 is 15.4 Å². The molecule has 1 heterocycles. The number of rotatable bonds is 17. The van der Waals surface area contributed by atoms with Crippen LogP contribution in [-0.2, 0) is 20.8 Å². The summed E-state index contributed by atoms with van der Waals surface area (Å²) in [5.41, 5.74) is 1.40. The number of carboxylic acids is 1. The molecular weight excluding hydrogens is 608 g/mol. The molecule has 3 amide bonds. The summed E-state index contributed by atoms with van der Waals surface area (Å²) in [4.78, 5) is 56.0. The summed E-state index contributed by atoms with van der Waals surface area (Å²) < 4.78 is 6.20. The number of amides is 3. The van der Waals surface area contributed by atoms with Gasteiger partial charge in [-0.3, -0.25) is 24.1 Å². The van der Waals surface area contributed by atoms with Crippen molar-refractivity contribution < 1.29 is 29.0 Å². The zero-order valence-electron chi connectivity index (χ0n) is 29.8. The molecule has 0 unspecified atom stereocenters. The van der Waals surface area contributed by atoms with Crippen LogP contribution in [0.1, 0.15) is 82.6 Å². The van der Waals surface area contributed by atoms with Crippen molar-refractivity contribution in [2.24, 2.45) is 17.8 Å². The predicted molar refractivity (Wildman–Crippen MR) is 188 cm³/mol. The number of nitrogens with one attached hydrogen (secondary N) is 2. The number of hydrogen-bond donors (Lipinski definition) is 3. The Morgan fingerprint density at radius 3 is 2.33 bits per heavy atom. The summed E-state index contributed by atoms with van der Waals surface area (Å²) in [7, 11) is 3.73. The fraction of sp³-hybridized carbons (Fsp3) is 0.579. The summed E-state index contributed by atoms with van der Waals surface area (Å²) in [6.45, 7) is 10.8. The Kier molecular flexibility index (Phi) is 14.9. The molecule has 10 heteroatoms. The standard InChI is InChI=1S/C38H56N4O6/c1-8-26(4)34(40-36(44)32-19-12-13-20-41(32)6)37(45)42(7)33(25(2)3)24-48-31-18-14-17-29(23-31)35(43)39-30(21-27(5)38(46)47)22-28-15-10-9-11-16-28/h9-11,14-18,23,25-27,30,32-34H,8,12-13,19-22,24H2,1-7H3,(H,39,43)(H,40,44)(H,46,47)/t26-,27-,30+,32+,33+,34-/m0/s1. The number of piperidine rings is 1. The highest BCUT2D eigenvalue weighted by Crippen LogP contribution is 2.21. The van der Waals surface area contributed by atoms with E-state index in [0.29, 0.717) is 17.7 Å². The molecule has 6 atom stereocenters. The number of hydrogen-bond acceptors (Lipinski definition) is 6. The molecule has 0 saturated carbocycles. The number of likely N-dealkylation sites (tertiary alicyclic amines) is 1. The van der Waals surface area contributed by atoms with E-state index < -0.39 is 17.9 Å². The lowest BCUT2D eigenvalue weighted by Crippen LogP contribution is -2.58. The van der Waals surface area contributed by atoms with Gasteiger partial charge >= 0.3 is 5.97 Å². The van der Waals surface area contributed by atoms with Crippen molar-refractivity contribution in [2.75, 3.05) is 27.2 Å². The molecule has 3 rings (SSSR count). The highest BCUT2D eigenvalue weighted by atomic mass is 16.5. The normalized spacial score (nSPS) is 18.2. The molecule has 264 valence electrons. The van der Waals surface area contributed by atoms with Gasteiger partial charge in [0.15, 0.2) is 0 Å². The van der Waals surface area contributed by atoms with Crippen LogP contribution in [0.15, 0.2) is 54.6 Å². The number of carbonyl (C=O) groups is 4. The first-order valence-electron chi connectivity index (χ1n) is 17.4. The summed E-state index contributed by atoms with van der Waals surface area (Å²) in [5, 5.41) is 15.6. The Bertz CT molecular complexity index is 1350. The zero-order chi connectivity index (χ0) is 35.4. The number of likely N-dealkylation sites (N-methyl/N-ethyl adjacent to an activating group) is 2. The van der Waals surface area contributed by atoms with E-state index in [2.05, 4.69) is 15.5 Å². The molecule has 48 heavy (non-hydrogen) atoms. The number of nitrogens with zero attached hydrogens (tertiary/aromatic N) is 2. The van der Waals surface area contributed by atoms with Gasteiger partial charge < -0.3 is 25.4 Å². The van der Waals surface area contributed by atoms with E-state index in [-0.39, 0.29) is 60.7 Å². The molecule has 0 aromatic heterocycles. The maximum absolute atomic E-state index is 13.9. The van der Waals surface area contributed by atoms with Crippen LogP contribution in [0.2, 0.25) is 0 Å². The predicted octanol–water partition coefficient (Wildman–Crippen LogP) is 5.02. The molecule has 0 bridgehead atoms. The summed E-state index contributed by atoms with van der Waals surface area (Å²) in [5.74, 6) is -1.60.